The van der Waals surface area contributed by atoms with Gasteiger partial charge in [-0.05, 0) is 104 Å². The van der Waals surface area contributed by atoms with Crippen molar-refractivity contribution in [2.24, 2.45) is 4.99 Å². The molecule has 9 heteroatoms. The number of hydrogen-bond acceptors (Lipinski definition) is 6. The van der Waals surface area contributed by atoms with Crippen molar-refractivity contribution in [3.8, 4) is 5.75 Å². The lowest BCUT2D eigenvalue weighted by Crippen LogP contribution is -2.23. The van der Waals surface area contributed by atoms with E-state index >= 15 is 0 Å². The summed E-state index contributed by atoms with van der Waals surface area (Å²) in [5.41, 5.74) is 4.72. The minimum atomic E-state index is -0.379. The standard InChI is InChI=1S/C29H26Cl2N2O4S/c1-5-36-28(35)20-7-10-23(11-8-20)32-29-33(4)27(34)25(38-29)14-19-12-17(2)26(18(3)13-19)37-16-21-6-9-22(30)15-24(21)31/h6-15H,5,16H2,1-4H3/b25-14-,32-29?. The van der Waals surface area contributed by atoms with Crippen LogP contribution < -0.4 is 4.74 Å². The minimum absolute atomic E-state index is 0.134. The highest BCUT2D eigenvalue weighted by Crippen LogP contribution is 2.35. The number of nitrogens with zero attached hydrogens (tertiary/aromatic N) is 2. The van der Waals surface area contributed by atoms with Crippen LogP contribution in [-0.4, -0.2) is 35.6 Å². The summed E-state index contributed by atoms with van der Waals surface area (Å²) < 4.78 is 11.1. The van der Waals surface area contributed by atoms with Gasteiger partial charge in [0, 0.05) is 22.7 Å². The summed E-state index contributed by atoms with van der Waals surface area (Å²) in [4.78, 5) is 31.5. The second-order valence-corrected chi connectivity index (χ2v) is 10.5. The Balaban J connectivity index is 1.50. The van der Waals surface area contributed by atoms with E-state index in [0.717, 1.165) is 28.0 Å². The molecule has 0 aliphatic carbocycles. The number of aliphatic imine (C=N–C) groups is 1. The Bertz CT molecular complexity index is 1430. The zero-order valence-corrected chi connectivity index (χ0v) is 23.7. The van der Waals surface area contributed by atoms with E-state index in [1.165, 1.54) is 16.7 Å². The van der Waals surface area contributed by atoms with E-state index in [2.05, 4.69) is 4.99 Å². The summed E-state index contributed by atoms with van der Waals surface area (Å²) in [7, 11) is 1.69. The van der Waals surface area contributed by atoms with Crippen LogP contribution in [-0.2, 0) is 16.1 Å². The fourth-order valence-electron chi connectivity index (χ4n) is 3.88. The van der Waals surface area contributed by atoms with Crippen LogP contribution in [0.1, 0.15) is 39.5 Å². The summed E-state index contributed by atoms with van der Waals surface area (Å²) in [5, 5.41) is 1.69. The zero-order chi connectivity index (χ0) is 27.4. The molecule has 0 radical (unpaired) electrons. The summed E-state index contributed by atoms with van der Waals surface area (Å²) in [6, 6.07) is 16.1. The highest BCUT2D eigenvalue weighted by atomic mass is 35.5. The van der Waals surface area contributed by atoms with E-state index in [1.54, 1.807) is 50.4 Å². The van der Waals surface area contributed by atoms with Crippen LogP contribution in [0.15, 0.2) is 64.5 Å². The third-order valence-corrected chi connectivity index (χ3v) is 7.42. The molecule has 1 saturated heterocycles. The van der Waals surface area contributed by atoms with Crippen LogP contribution in [0.2, 0.25) is 10.0 Å². The van der Waals surface area contributed by atoms with Crippen LogP contribution >= 0.6 is 35.0 Å². The maximum atomic E-state index is 12.9. The van der Waals surface area contributed by atoms with Gasteiger partial charge in [-0.3, -0.25) is 9.69 Å². The Morgan fingerprint density at radius 3 is 2.37 bits per heavy atom. The van der Waals surface area contributed by atoms with Gasteiger partial charge in [0.1, 0.15) is 12.4 Å². The zero-order valence-electron chi connectivity index (χ0n) is 21.4. The van der Waals surface area contributed by atoms with Crippen LogP contribution in [0, 0.1) is 13.8 Å². The first-order valence-electron chi connectivity index (χ1n) is 11.9. The average molecular weight is 570 g/mol. The number of carbonyl (C=O) groups excluding carboxylic acids is 2. The second kappa shape index (κ2) is 12.1. The van der Waals surface area contributed by atoms with E-state index in [1.807, 2.05) is 38.1 Å². The van der Waals surface area contributed by atoms with Crippen molar-refractivity contribution in [2.45, 2.75) is 27.4 Å². The summed E-state index contributed by atoms with van der Waals surface area (Å²) >= 11 is 13.6. The number of halogens is 2. The number of hydrogen-bond donors (Lipinski definition) is 0. The van der Waals surface area contributed by atoms with Crippen LogP contribution in [0.4, 0.5) is 5.69 Å². The molecule has 0 aromatic heterocycles. The number of likely N-dealkylation sites (N-methyl/N-ethyl adjacent to an activating group) is 1. The topological polar surface area (TPSA) is 68.2 Å². The molecule has 1 aliphatic rings. The summed E-state index contributed by atoms with van der Waals surface area (Å²) in [5.74, 6) is 0.259. The smallest absolute Gasteiger partial charge is 0.338 e. The fourth-order valence-corrected chi connectivity index (χ4v) is 5.33. The second-order valence-electron chi connectivity index (χ2n) is 8.64. The molecule has 0 N–H and O–H groups in total. The number of amides is 1. The molecule has 3 aromatic carbocycles. The maximum absolute atomic E-state index is 12.9. The van der Waals surface area contributed by atoms with Gasteiger partial charge in [-0.25, -0.2) is 9.79 Å². The van der Waals surface area contributed by atoms with Crippen molar-refractivity contribution >= 4 is 63.8 Å². The molecule has 0 spiro atoms. The molecule has 196 valence electrons. The molecule has 1 aliphatic heterocycles. The highest BCUT2D eigenvalue weighted by Gasteiger charge is 2.30. The van der Waals surface area contributed by atoms with E-state index in [9.17, 15) is 9.59 Å². The molecular formula is C29H26Cl2N2O4S. The largest absolute Gasteiger partial charge is 0.488 e. The lowest BCUT2D eigenvalue weighted by molar-refractivity contribution is -0.121. The van der Waals surface area contributed by atoms with Gasteiger partial charge < -0.3 is 9.47 Å². The lowest BCUT2D eigenvalue weighted by Gasteiger charge is -2.14. The summed E-state index contributed by atoms with van der Waals surface area (Å²) in [6.07, 6.45) is 1.86. The molecule has 6 nitrogen and oxygen atoms in total. The van der Waals surface area contributed by atoms with Crippen molar-refractivity contribution in [1.82, 2.24) is 4.90 Å². The number of thioether (sulfide) groups is 1. The van der Waals surface area contributed by atoms with Gasteiger partial charge in [-0.15, -0.1) is 0 Å². The molecule has 0 bridgehead atoms. The van der Waals surface area contributed by atoms with Gasteiger partial charge in [0.2, 0.25) is 0 Å². The number of rotatable bonds is 7. The number of esters is 1. The molecule has 0 saturated carbocycles. The summed E-state index contributed by atoms with van der Waals surface area (Å²) in [6.45, 7) is 6.33. The van der Waals surface area contributed by atoms with Crippen LogP contribution in [0.5, 0.6) is 5.75 Å². The number of ether oxygens (including phenoxy) is 2. The van der Waals surface area contributed by atoms with Crippen molar-refractivity contribution in [2.75, 3.05) is 13.7 Å². The Kier molecular flexibility index (Phi) is 8.82. The lowest BCUT2D eigenvalue weighted by atomic mass is 10.0. The monoisotopic (exact) mass is 568 g/mol. The number of carbonyl (C=O) groups is 2. The molecule has 3 aromatic rings. The number of amidine groups is 1. The van der Waals surface area contributed by atoms with Crippen LogP contribution in [0.25, 0.3) is 6.08 Å². The van der Waals surface area contributed by atoms with Gasteiger partial charge in [0.05, 0.1) is 22.8 Å². The first-order valence-corrected chi connectivity index (χ1v) is 13.4. The van der Waals surface area contributed by atoms with Gasteiger partial charge in [0.25, 0.3) is 5.91 Å². The molecule has 1 amide bonds. The normalized spacial score (nSPS) is 15.4. The Labute approximate surface area is 236 Å². The van der Waals surface area contributed by atoms with E-state index in [-0.39, 0.29) is 11.9 Å². The maximum Gasteiger partial charge on any atom is 0.338 e. The van der Waals surface area contributed by atoms with E-state index in [4.69, 9.17) is 32.7 Å². The molecule has 38 heavy (non-hydrogen) atoms. The predicted molar refractivity (Wildman–Crippen MR) is 155 cm³/mol. The predicted octanol–water partition coefficient (Wildman–Crippen LogP) is 7.60. The molecule has 0 atom stereocenters. The first kappa shape index (κ1) is 27.8. The van der Waals surface area contributed by atoms with Crippen LogP contribution in [0.3, 0.4) is 0 Å². The quantitative estimate of drug-likeness (QED) is 0.217. The SMILES string of the molecule is CCOC(=O)c1ccc(N=C2S/C(=C\c3cc(C)c(OCc4ccc(Cl)cc4Cl)c(C)c3)C(=O)N2C)cc1. The Morgan fingerprint density at radius 2 is 1.74 bits per heavy atom. The van der Waals surface area contributed by atoms with Gasteiger partial charge >= 0.3 is 5.97 Å². The number of aryl methyl sites for hydroxylation is 2. The molecule has 1 heterocycles. The highest BCUT2D eigenvalue weighted by molar-refractivity contribution is 8.18. The first-order chi connectivity index (χ1) is 18.2. The van der Waals surface area contributed by atoms with Gasteiger partial charge in [0.15, 0.2) is 5.17 Å². The van der Waals surface area contributed by atoms with Crippen molar-refractivity contribution < 1.29 is 19.1 Å². The molecular weight excluding hydrogens is 543 g/mol. The van der Waals surface area contributed by atoms with Crippen molar-refractivity contribution in [3.05, 3.63) is 97.4 Å². The van der Waals surface area contributed by atoms with Gasteiger partial charge in [-0.2, -0.15) is 0 Å². The van der Waals surface area contributed by atoms with Crippen molar-refractivity contribution in [1.29, 1.82) is 0 Å². The van der Waals surface area contributed by atoms with E-state index in [0.29, 0.717) is 44.6 Å². The minimum Gasteiger partial charge on any atom is -0.488 e. The molecule has 0 unspecified atom stereocenters. The van der Waals surface area contributed by atoms with Gasteiger partial charge in [-0.1, -0.05) is 29.3 Å². The average Bonchev–Trinajstić information content (AvgIpc) is 3.12. The molecule has 4 rings (SSSR count). The van der Waals surface area contributed by atoms with E-state index < -0.39 is 0 Å². The third kappa shape index (κ3) is 6.41. The molecule has 1 fully saturated rings. The van der Waals surface area contributed by atoms with Crippen molar-refractivity contribution in [3.63, 3.8) is 0 Å². The number of benzene rings is 3. The fraction of sp³-hybridized carbons (Fsp3) is 0.207. The third-order valence-electron chi connectivity index (χ3n) is 5.77. The Hall–Kier alpha value is -3.26. The Morgan fingerprint density at radius 1 is 1.05 bits per heavy atom.